The smallest absolute Gasteiger partial charge is 0.331 e. The lowest BCUT2D eigenvalue weighted by atomic mass is 9.96. The summed E-state index contributed by atoms with van der Waals surface area (Å²) in [5.74, 6) is -2.55. The maximum absolute atomic E-state index is 13.3. The number of phenolic OH excluding ortho intramolecular Hbond substituents is 1. The van der Waals surface area contributed by atoms with Gasteiger partial charge in [-0.15, -0.1) is 0 Å². The van der Waals surface area contributed by atoms with E-state index in [-0.39, 0.29) is 36.5 Å². The van der Waals surface area contributed by atoms with Gasteiger partial charge in [0.25, 0.3) is 0 Å². The van der Waals surface area contributed by atoms with Crippen molar-refractivity contribution in [2.45, 2.75) is 65.1 Å². The third kappa shape index (κ3) is 9.13. The number of ether oxygens (including phenoxy) is 1. The Morgan fingerprint density at radius 2 is 1.82 bits per heavy atom. The minimum atomic E-state index is -1.32. The molecular weight excluding hydrogens is 558 g/mol. The fourth-order valence-corrected chi connectivity index (χ4v) is 4.86. The largest absolute Gasteiger partial charge is 0.507 e. The van der Waals surface area contributed by atoms with E-state index in [9.17, 15) is 29.4 Å². The average molecular weight is 597 g/mol. The summed E-state index contributed by atoms with van der Waals surface area (Å²) in [6, 6.07) is 2.27. The fourth-order valence-electron chi connectivity index (χ4n) is 4.44. The number of allylic oxidation sites excluding steroid dienone is 2. The van der Waals surface area contributed by atoms with Gasteiger partial charge < -0.3 is 30.5 Å². The highest BCUT2D eigenvalue weighted by Gasteiger charge is 2.32. The molecule has 1 aromatic rings. The third-order valence-electron chi connectivity index (χ3n) is 6.47. The Kier molecular flexibility index (Phi) is 11.8. The zero-order chi connectivity index (χ0) is 28.6. The van der Waals surface area contributed by atoms with E-state index in [0.29, 0.717) is 22.9 Å². The first-order valence-corrected chi connectivity index (χ1v) is 13.4. The summed E-state index contributed by atoms with van der Waals surface area (Å²) in [5.41, 5.74) is 1.63. The molecule has 210 valence electrons. The number of nitrogens with one attached hydrogen (secondary N) is 2. The van der Waals surface area contributed by atoms with Gasteiger partial charge in [0.05, 0.1) is 23.7 Å². The quantitative estimate of drug-likeness (QED) is 0.309. The van der Waals surface area contributed by atoms with E-state index in [1.165, 1.54) is 18.0 Å². The zero-order valence-electron chi connectivity index (χ0n) is 22.5. The molecule has 4 N–H and O–H groups in total. The molecule has 0 radical (unpaired) electrons. The second kappa shape index (κ2) is 14.3. The lowest BCUT2D eigenvalue weighted by Gasteiger charge is -2.29. The molecule has 10 nitrogen and oxygen atoms in total. The predicted molar refractivity (Wildman–Crippen MR) is 145 cm³/mol. The van der Waals surface area contributed by atoms with Crippen molar-refractivity contribution in [3.63, 3.8) is 0 Å². The van der Waals surface area contributed by atoms with E-state index in [1.54, 1.807) is 26.0 Å². The van der Waals surface area contributed by atoms with E-state index in [4.69, 9.17) is 4.74 Å². The monoisotopic (exact) mass is 595 g/mol. The molecule has 2 rings (SSSR count). The zero-order valence-corrected chi connectivity index (χ0v) is 24.1. The molecule has 0 aliphatic carbocycles. The van der Waals surface area contributed by atoms with Crippen LogP contribution in [0.2, 0.25) is 0 Å². The molecule has 1 aliphatic rings. The standard InChI is InChI=1S/C27H38BrN3O7/c1-15-8-16(2)10-18(4)38-27(37)21(14-32)30-26(36)22(12-19-6-7-23(33)20(28)11-19)31(5)24(34)13-29-25(35)17(3)9-15/h6-8,11,16-18,21-22,32-33H,9-10,12-14H2,1-5H3,(H,29,35)(H,30,36)/b15-8+/t16-,17-,18-,21-,22+/m0/s1. The number of carbonyl (C=O) groups is 4. The summed E-state index contributed by atoms with van der Waals surface area (Å²) >= 11 is 3.24. The number of amides is 3. The normalized spacial score (nSPS) is 28.3. The molecule has 0 saturated carbocycles. The molecule has 5 atom stereocenters. The highest BCUT2D eigenvalue weighted by atomic mass is 79.9. The molecule has 0 saturated heterocycles. The second-order valence-electron chi connectivity index (χ2n) is 10.1. The van der Waals surface area contributed by atoms with Gasteiger partial charge in [0.15, 0.2) is 6.04 Å². The minimum Gasteiger partial charge on any atom is -0.507 e. The van der Waals surface area contributed by atoms with E-state index in [2.05, 4.69) is 26.6 Å². The molecular formula is C27H38BrN3O7. The van der Waals surface area contributed by atoms with Gasteiger partial charge in [-0.3, -0.25) is 14.4 Å². The van der Waals surface area contributed by atoms with Crippen molar-refractivity contribution in [3.8, 4) is 5.75 Å². The third-order valence-corrected chi connectivity index (χ3v) is 7.10. The van der Waals surface area contributed by atoms with Crippen molar-refractivity contribution in [1.82, 2.24) is 15.5 Å². The van der Waals surface area contributed by atoms with E-state index < -0.39 is 42.6 Å². The number of hydrogen-bond donors (Lipinski definition) is 4. The molecule has 0 bridgehead atoms. The summed E-state index contributed by atoms with van der Waals surface area (Å²) in [6.45, 7) is 6.42. The Balaban J connectivity index is 2.38. The van der Waals surface area contributed by atoms with Crippen molar-refractivity contribution < 1.29 is 34.1 Å². The first-order valence-electron chi connectivity index (χ1n) is 12.6. The lowest BCUT2D eigenvalue weighted by Crippen LogP contribution is -2.55. The van der Waals surface area contributed by atoms with Crippen LogP contribution in [0, 0.1) is 11.8 Å². The Morgan fingerprint density at radius 3 is 2.45 bits per heavy atom. The number of rotatable bonds is 3. The van der Waals surface area contributed by atoms with Crippen molar-refractivity contribution in [1.29, 1.82) is 0 Å². The molecule has 0 aromatic heterocycles. The SMILES string of the molecule is C/C1=C\[C@H](C)C[C@H](C)OC(=O)[C@H](CO)NC(=O)[C@@H](Cc2ccc(O)c(Br)c2)N(C)C(=O)CNC(=O)[C@@H](C)C1. The number of cyclic esters (lactones) is 1. The second-order valence-corrected chi connectivity index (χ2v) is 10.9. The fraction of sp³-hybridized carbons (Fsp3) is 0.556. The molecule has 1 heterocycles. The molecule has 0 spiro atoms. The van der Waals surface area contributed by atoms with Crippen LogP contribution in [-0.4, -0.2) is 77.2 Å². The number of aliphatic hydroxyl groups is 1. The number of benzene rings is 1. The molecule has 11 heteroatoms. The molecule has 0 unspecified atom stereocenters. The Labute approximate surface area is 231 Å². The predicted octanol–water partition coefficient (Wildman–Crippen LogP) is 2.06. The lowest BCUT2D eigenvalue weighted by molar-refractivity contribution is -0.154. The Bertz CT molecular complexity index is 1060. The van der Waals surface area contributed by atoms with Gasteiger partial charge in [0, 0.05) is 19.4 Å². The average Bonchev–Trinajstić information content (AvgIpc) is 2.84. The van der Waals surface area contributed by atoms with Crippen LogP contribution in [-0.2, 0) is 30.3 Å². The number of nitrogens with zero attached hydrogens (tertiary/aromatic N) is 1. The first-order chi connectivity index (χ1) is 17.8. The van der Waals surface area contributed by atoms with Crippen LogP contribution in [0.4, 0.5) is 0 Å². The minimum absolute atomic E-state index is 0.0146. The van der Waals surface area contributed by atoms with E-state index >= 15 is 0 Å². The highest BCUT2D eigenvalue weighted by molar-refractivity contribution is 9.10. The number of likely N-dealkylation sites (N-methyl/N-ethyl adjacent to an activating group) is 1. The molecule has 38 heavy (non-hydrogen) atoms. The maximum atomic E-state index is 13.3. The molecule has 1 aromatic carbocycles. The van der Waals surface area contributed by atoms with Crippen LogP contribution in [0.3, 0.4) is 0 Å². The number of carbonyl (C=O) groups excluding carboxylic acids is 4. The van der Waals surface area contributed by atoms with Gasteiger partial charge in [-0.25, -0.2) is 4.79 Å². The summed E-state index contributed by atoms with van der Waals surface area (Å²) in [5, 5.41) is 24.8. The summed E-state index contributed by atoms with van der Waals surface area (Å²) in [7, 11) is 1.43. The van der Waals surface area contributed by atoms with Crippen molar-refractivity contribution in [3.05, 3.63) is 39.9 Å². The molecule has 0 fully saturated rings. The first kappa shape index (κ1) is 31.3. The number of phenols is 1. The van der Waals surface area contributed by atoms with Gasteiger partial charge in [0.2, 0.25) is 17.7 Å². The Morgan fingerprint density at radius 1 is 1.13 bits per heavy atom. The van der Waals surface area contributed by atoms with Gasteiger partial charge in [-0.2, -0.15) is 0 Å². The van der Waals surface area contributed by atoms with Crippen molar-refractivity contribution >= 4 is 39.6 Å². The highest BCUT2D eigenvalue weighted by Crippen LogP contribution is 2.25. The number of aromatic hydroxyl groups is 1. The van der Waals surface area contributed by atoms with Crippen LogP contribution in [0.5, 0.6) is 5.75 Å². The summed E-state index contributed by atoms with van der Waals surface area (Å²) in [6.07, 6.45) is 2.60. The number of hydrogen-bond acceptors (Lipinski definition) is 7. The van der Waals surface area contributed by atoms with Crippen LogP contribution in [0.25, 0.3) is 0 Å². The van der Waals surface area contributed by atoms with E-state index in [1.807, 2.05) is 19.9 Å². The van der Waals surface area contributed by atoms with Gasteiger partial charge >= 0.3 is 5.97 Å². The van der Waals surface area contributed by atoms with Crippen LogP contribution < -0.4 is 10.6 Å². The van der Waals surface area contributed by atoms with Crippen molar-refractivity contribution in [2.75, 3.05) is 20.2 Å². The molecule has 3 amide bonds. The van der Waals surface area contributed by atoms with Gasteiger partial charge in [-0.05, 0) is 66.2 Å². The van der Waals surface area contributed by atoms with Gasteiger partial charge in [-0.1, -0.05) is 31.6 Å². The van der Waals surface area contributed by atoms with Gasteiger partial charge in [0.1, 0.15) is 11.8 Å². The maximum Gasteiger partial charge on any atom is 0.331 e. The Hall–Kier alpha value is -2.92. The summed E-state index contributed by atoms with van der Waals surface area (Å²) in [4.78, 5) is 53.0. The van der Waals surface area contributed by atoms with E-state index in [0.717, 1.165) is 5.57 Å². The van der Waals surface area contributed by atoms with Crippen LogP contribution in [0.15, 0.2) is 34.3 Å². The summed E-state index contributed by atoms with van der Waals surface area (Å²) < 4.78 is 5.91. The topological polar surface area (TPSA) is 145 Å². The van der Waals surface area contributed by atoms with Crippen LogP contribution in [0.1, 0.15) is 46.1 Å². The van der Waals surface area contributed by atoms with Crippen LogP contribution >= 0.6 is 15.9 Å². The van der Waals surface area contributed by atoms with Crippen molar-refractivity contribution in [2.24, 2.45) is 11.8 Å². The number of aliphatic hydroxyl groups excluding tert-OH is 1. The molecule has 1 aliphatic heterocycles. The number of halogens is 1. The number of esters is 1.